The summed E-state index contributed by atoms with van der Waals surface area (Å²) in [5.74, 6) is -2.40. The number of alkyl halides is 3. The molecule has 0 bridgehead atoms. The molecule has 0 spiro atoms. The van der Waals surface area contributed by atoms with E-state index in [-0.39, 0.29) is 30.0 Å². The van der Waals surface area contributed by atoms with Gasteiger partial charge in [-0.15, -0.1) is 0 Å². The second-order valence-corrected chi connectivity index (χ2v) is 8.42. The van der Waals surface area contributed by atoms with Crippen molar-refractivity contribution < 1.29 is 41.5 Å². The van der Waals surface area contributed by atoms with Crippen molar-refractivity contribution in [2.45, 2.75) is 30.9 Å². The molecule has 0 amide bonds. The summed E-state index contributed by atoms with van der Waals surface area (Å²) in [4.78, 5) is 11.6. The van der Waals surface area contributed by atoms with Crippen LogP contribution < -0.4 is 11.5 Å². The van der Waals surface area contributed by atoms with Crippen LogP contribution in [-0.4, -0.2) is 89.7 Å². The highest BCUT2D eigenvalue weighted by molar-refractivity contribution is 7.86. The Labute approximate surface area is 155 Å². The first-order chi connectivity index (χ1) is 12.2. The SMILES string of the molecule is NCCN(CC(F)(F)F)S(=O)(=O)N1C[C@H](CCCB(O)O)[C@](N)(C(=O)O)C1. The summed E-state index contributed by atoms with van der Waals surface area (Å²) in [5, 5.41) is 27.1. The molecule has 0 saturated carbocycles. The molecule has 1 rings (SSSR count). The molecule has 0 unspecified atom stereocenters. The zero-order valence-electron chi connectivity index (χ0n) is 14.5. The van der Waals surface area contributed by atoms with Crippen molar-refractivity contribution in [1.82, 2.24) is 8.61 Å². The van der Waals surface area contributed by atoms with Gasteiger partial charge < -0.3 is 26.6 Å². The van der Waals surface area contributed by atoms with Crippen LogP contribution in [0.25, 0.3) is 0 Å². The summed E-state index contributed by atoms with van der Waals surface area (Å²) < 4.78 is 64.1. The zero-order valence-corrected chi connectivity index (χ0v) is 15.3. The maximum atomic E-state index is 12.7. The number of carboxylic acid groups (broad SMARTS) is 1. The molecule has 0 aromatic rings. The van der Waals surface area contributed by atoms with Crippen LogP contribution in [0.5, 0.6) is 0 Å². The lowest BCUT2D eigenvalue weighted by Gasteiger charge is -2.28. The number of hydrogen-bond donors (Lipinski definition) is 5. The van der Waals surface area contributed by atoms with E-state index in [1.165, 1.54) is 0 Å². The van der Waals surface area contributed by atoms with E-state index < -0.39 is 67.1 Å². The van der Waals surface area contributed by atoms with E-state index in [1.807, 2.05) is 0 Å². The largest absolute Gasteiger partial charge is 0.480 e. The van der Waals surface area contributed by atoms with Crippen molar-refractivity contribution in [3.05, 3.63) is 0 Å². The number of carboxylic acids is 1. The van der Waals surface area contributed by atoms with Gasteiger partial charge in [0.05, 0.1) is 0 Å². The third kappa shape index (κ3) is 6.27. The number of hydrogen-bond acceptors (Lipinski definition) is 7. The third-order valence-corrected chi connectivity index (χ3v) is 6.29. The van der Waals surface area contributed by atoms with Crippen LogP contribution in [0.4, 0.5) is 13.2 Å². The van der Waals surface area contributed by atoms with Gasteiger partial charge in [0.2, 0.25) is 0 Å². The maximum Gasteiger partial charge on any atom is 0.451 e. The Bertz CT molecular complexity index is 623. The Morgan fingerprint density at radius 3 is 2.41 bits per heavy atom. The average Bonchev–Trinajstić information content (AvgIpc) is 2.84. The molecule has 2 atom stereocenters. The quantitative estimate of drug-likeness (QED) is 0.253. The van der Waals surface area contributed by atoms with Crippen LogP contribution >= 0.6 is 0 Å². The van der Waals surface area contributed by atoms with Crippen molar-refractivity contribution in [3.63, 3.8) is 0 Å². The minimum absolute atomic E-state index is 0.0581. The number of carbonyl (C=O) groups is 1. The zero-order chi connectivity index (χ0) is 21.0. The maximum absolute atomic E-state index is 12.7. The van der Waals surface area contributed by atoms with Crippen LogP contribution in [0.15, 0.2) is 0 Å². The minimum atomic E-state index is -4.80. The van der Waals surface area contributed by atoms with Crippen LogP contribution in [0.2, 0.25) is 6.32 Å². The first-order valence-corrected chi connectivity index (χ1v) is 9.54. The average molecular weight is 420 g/mol. The molecule has 0 aliphatic carbocycles. The van der Waals surface area contributed by atoms with Crippen molar-refractivity contribution in [2.24, 2.45) is 17.4 Å². The Hall–Kier alpha value is -0.965. The molecule has 1 fully saturated rings. The van der Waals surface area contributed by atoms with Crippen molar-refractivity contribution >= 4 is 23.3 Å². The summed E-state index contributed by atoms with van der Waals surface area (Å²) in [6, 6.07) is 0. The topological polar surface area (TPSA) is 170 Å². The van der Waals surface area contributed by atoms with Gasteiger partial charge in [-0.2, -0.15) is 30.2 Å². The number of halogens is 3. The van der Waals surface area contributed by atoms with Gasteiger partial charge in [0, 0.05) is 32.1 Å². The second-order valence-electron chi connectivity index (χ2n) is 6.49. The fourth-order valence-electron chi connectivity index (χ4n) is 2.99. The van der Waals surface area contributed by atoms with E-state index in [0.717, 1.165) is 0 Å². The van der Waals surface area contributed by atoms with E-state index in [1.54, 1.807) is 0 Å². The molecule has 0 aromatic carbocycles. The lowest BCUT2D eigenvalue weighted by atomic mass is 9.78. The van der Waals surface area contributed by atoms with Gasteiger partial charge in [-0.25, -0.2) is 0 Å². The molecule has 27 heavy (non-hydrogen) atoms. The molecule has 1 saturated heterocycles. The highest BCUT2D eigenvalue weighted by Gasteiger charge is 2.53. The number of aliphatic carboxylic acids is 1. The van der Waals surface area contributed by atoms with Crippen molar-refractivity contribution in [3.8, 4) is 0 Å². The summed E-state index contributed by atoms with van der Waals surface area (Å²) in [7, 11) is -6.27. The van der Waals surface area contributed by atoms with Gasteiger partial charge >= 0.3 is 19.3 Å². The third-order valence-electron chi connectivity index (χ3n) is 4.39. The van der Waals surface area contributed by atoms with Gasteiger partial charge in [-0.05, 0) is 12.7 Å². The molecule has 0 radical (unpaired) electrons. The minimum Gasteiger partial charge on any atom is -0.480 e. The van der Waals surface area contributed by atoms with E-state index in [9.17, 15) is 31.5 Å². The highest BCUT2D eigenvalue weighted by atomic mass is 32.2. The summed E-state index contributed by atoms with van der Waals surface area (Å²) in [5.41, 5.74) is 9.06. The Morgan fingerprint density at radius 2 is 1.96 bits per heavy atom. The van der Waals surface area contributed by atoms with Crippen LogP contribution in [-0.2, 0) is 15.0 Å². The van der Waals surface area contributed by atoms with Gasteiger partial charge in [-0.3, -0.25) is 4.79 Å². The van der Waals surface area contributed by atoms with Crippen LogP contribution in [0.1, 0.15) is 12.8 Å². The lowest BCUT2D eigenvalue weighted by Crippen LogP contribution is -2.56. The normalized spacial score (nSPS) is 24.5. The summed E-state index contributed by atoms with van der Waals surface area (Å²) in [6.45, 7) is -3.80. The van der Waals surface area contributed by atoms with E-state index in [0.29, 0.717) is 4.31 Å². The lowest BCUT2D eigenvalue weighted by molar-refractivity contribution is -0.144. The van der Waals surface area contributed by atoms with E-state index in [4.69, 9.17) is 21.5 Å². The fraction of sp³-hybridized carbons (Fsp3) is 0.917. The molecule has 0 aromatic heterocycles. The molecule has 7 N–H and O–H groups in total. The van der Waals surface area contributed by atoms with Gasteiger partial charge in [0.25, 0.3) is 10.2 Å². The van der Waals surface area contributed by atoms with Gasteiger partial charge in [0.15, 0.2) is 0 Å². The standard InChI is InChI=1S/C12H24BF3N4O6S/c14-12(15,16)8-19(5-4-17)27(25,26)20-6-9(2-1-3-13(23)24)11(18,7-20)10(21)22/h9,23-24H,1-8,17-18H2,(H,21,22)/t9-,11-/m0/s1. The molecule has 15 heteroatoms. The monoisotopic (exact) mass is 420 g/mol. The second kappa shape index (κ2) is 9.02. The van der Waals surface area contributed by atoms with Gasteiger partial charge in [-0.1, -0.05) is 6.42 Å². The first-order valence-electron chi connectivity index (χ1n) is 8.14. The van der Waals surface area contributed by atoms with Crippen LogP contribution in [0.3, 0.4) is 0 Å². The molecule has 1 aliphatic rings. The molecule has 1 aliphatic heterocycles. The Morgan fingerprint density at radius 1 is 1.37 bits per heavy atom. The number of nitrogens with zero attached hydrogens (tertiary/aromatic N) is 2. The van der Waals surface area contributed by atoms with E-state index >= 15 is 0 Å². The summed E-state index contributed by atoms with van der Waals surface area (Å²) >= 11 is 0. The predicted octanol–water partition coefficient (Wildman–Crippen LogP) is -1.98. The van der Waals surface area contributed by atoms with Crippen LogP contribution in [0, 0.1) is 5.92 Å². The Balaban J connectivity index is 3.05. The van der Waals surface area contributed by atoms with Crippen molar-refractivity contribution in [2.75, 3.05) is 32.7 Å². The molecular weight excluding hydrogens is 396 g/mol. The fourth-order valence-corrected chi connectivity index (χ4v) is 4.71. The molecule has 1 heterocycles. The number of rotatable bonds is 10. The molecular formula is C12H24BF3N4O6S. The van der Waals surface area contributed by atoms with E-state index in [2.05, 4.69) is 0 Å². The van der Waals surface area contributed by atoms with Gasteiger partial charge in [0.1, 0.15) is 12.1 Å². The molecule has 10 nitrogen and oxygen atoms in total. The van der Waals surface area contributed by atoms with Crippen molar-refractivity contribution in [1.29, 1.82) is 0 Å². The smallest absolute Gasteiger partial charge is 0.451 e. The molecule has 158 valence electrons. The Kier molecular flexibility index (Phi) is 8.05. The highest BCUT2D eigenvalue weighted by Crippen LogP contribution is 2.33. The predicted molar refractivity (Wildman–Crippen MR) is 89.5 cm³/mol. The summed E-state index contributed by atoms with van der Waals surface area (Å²) in [6.07, 6.45) is -4.67. The first kappa shape index (κ1) is 24.1. The number of nitrogens with two attached hydrogens (primary N) is 2.